The first-order valence-corrected chi connectivity index (χ1v) is 11.5. The Morgan fingerprint density at radius 2 is 1.68 bits per heavy atom. The summed E-state index contributed by atoms with van der Waals surface area (Å²) in [5.74, 6) is -0.163. The molecule has 31 heavy (non-hydrogen) atoms. The highest BCUT2D eigenvalue weighted by atomic mass is 32.2. The first-order valence-electron chi connectivity index (χ1n) is 10.5. The van der Waals surface area contributed by atoms with Crippen LogP contribution in [0.2, 0.25) is 0 Å². The highest BCUT2D eigenvalue weighted by Crippen LogP contribution is 2.22. The highest BCUT2D eigenvalue weighted by molar-refractivity contribution is 8.00. The van der Waals surface area contributed by atoms with Gasteiger partial charge in [0.1, 0.15) is 0 Å². The molecule has 0 aliphatic carbocycles. The number of benzene rings is 2. The zero-order valence-electron chi connectivity index (χ0n) is 18.5. The van der Waals surface area contributed by atoms with Crippen LogP contribution in [-0.2, 0) is 11.3 Å². The van der Waals surface area contributed by atoms with Crippen molar-refractivity contribution in [2.45, 2.75) is 57.6 Å². The van der Waals surface area contributed by atoms with Gasteiger partial charge in [-0.3, -0.25) is 14.4 Å². The quantitative estimate of drug-likeness (QED) is 0.490. The fourth-order valence-corrected chi connectivity index (χ4v) is 3.66. The minimum absolute atomic E-state index is 0.0669. The Morgan fingerprint density at radius 1 is 0.935 bits per heavy atom. The van der Waals surface area contributed by atoms with Crippen molar-refractivity contribution < 1.29 is 14.4 Å². The molecule has 3 N–H and O–H groups in total. The minimum atomic E-state index is -0.221. The van der Waals surface area contributed by atoms with Gasteiger partial charge >= 0.3 is 0 Å². The van der Waals surface area contributed by atoms with Crippen LogP contribution in [-0.4, -0.2) is 35.6 Å². The summed E-state index contributed by atoms with van der Waals surface area (Å²) in [6, 6.07) is 14.6. The lowest BCUT2D eigenvalue weighted by atomic mass is 10.1. The number of carbonyl (C=O) groups excluding carboxylic acids is 3. The average Bonchev–Trinajstić information content (AvgIpc) is 2.75. The molecule has 0 saturated heterocycles. The molecule has 7 heteroatoms. The van der Waals surface area contributed by atoms with Gasteiger partial charge in [-0.1, -0.05) is 31.2 Å². The molecule has 0 fully saturated rings. The number of carbonyl (C=O) groups is 3. The number of nitrogens with one attached hydrogen (secondary N) is 3. The van der Waals surface area contributed by atoms with Gasteiger partial charge in [0.25, 0.3) is 11.8 Å². The standard InChI is InChI=1S/C24H31N3O3S/c1-5-17(4)27-23(29)19-10-8-9-18(13-19)14-25-24(30)20-11-6-7-12-21(20)31-15-22(28)26-16(2)3/h6-13,16-17H,5,14-15H2,1-4H3,(H,25,30)(H,26,28)(H,27,29). The van der Waals surface area contributed by atoms with Crippen LogP contribution in [0.5, 0.6) is 0 Å². The lowest BCUT2D eigenvalue weighted by Gasteiger charge is -2.13. The van der Waals surface area contributed by atoms with Crippen LogP contribution >= 0.6 is 11.8 Å². The number of amides is 3. The van der Waals surface area contributed by atoms with Crippen LogP contribution in [0.25, 0.3) is 0 Å². The van der Waals surface area contributed by atoms with Crippen LogP contribution in [0.1, 0.15) is 60.4 Å². The van der Waals surface area contributed by atoms with Crippen LogP contribution in [0.15, 0.2) is 53.4 Å². The highest BCUT2D eigenvalue weighted by Gasteiger charge is 2.14. The van der Waals surface area contributed by atoms with Crippen LogP contribution < -0.4 is 16.0 Å². The van der Waals surface area contributed by atoms with Gasteiger partial charge in [0.15, 0.2) is 0 Å². The summed E-state index contributed by atoms with van der Waals surface area (Å²) in [5, 5.41) is 8.70. The van der Waals surface area contributed by atoms with E-state index < -0.39 is 0 Å². The monoisotopic (exact) mass is 441 g/mol. The van der Waals surface area contributed by atoms with E-state index in [4.69, 9.17) is 0 Å². The third kappa shape index (κ3) is 8.09. The normalized spacial score (nSPS) is 11.6. The third-order valence-electron chi connectivity index (χ3n) is 4.57. The number of thioether (sulfide) groups is 1. The Kier molecular flexibility index (Phi) is 9.59. The van der Waals surface area contributed by atoms with E-state index in [1.807, 2.05) is 52.0 Å². The van der Waals surface area contributed by atoms with Gasteiger partial charge in [0.2, 0.25) is 5.91 Å². The summed E-state index contributed by atoms with van der Waals surface area (Å²) >= 11 is 1.34. The van der Waals surface area contributed by atoms with Crippen molar-refractivity contribution in [1.29, 1.82) is 0 Å². The maximum absolute atomic E-state index is 12.8. The molecule has 0 heterocycles. The summed E-state index contributed by atoms with van der Waals surface area (Å²) in [4.78, 5) is 37.8. The molecule has 2 rings (SSSR count). The molecule has 6 nitrogen and oxygen atoms in total. The average molecular weight is 442 g/mol. The SMILES string of the molecule is CCC(C)NC(=O)c1cccc(CNC(=O)c2ccccc2SCC(=O)NC(C)C)c1. The van der Waals surface area contributed by atoms with Crippen LogP contribution in [0.3, 0.4) is 0 Å². The smallest absolute Gasteiger partial charge is 0.252 e. The molecule has 0 bridgehead atoms. The molecule has 166 valence electrons. The van der Waals surface area contributed by atoms with E-state index >= 15 is 0 Å². The van der Waals surface area contributed by atoms with Gasteiger partial charge in [-0.05, 0) is 57.0 Å². The minimum Gasteiger partial charge on any atom is -0.353 e. The van der Waals surface area contributed by atoms with Crippen molar-refractivity contribution in [1.82, 2.24) is 16.0 Å². The van der Waals surface area contributed by atoms with Gasteiger partial charge in [-0.2, -0.15) is 0 Å². The molecule has 0 aliphatic rings. The predicted octanol–water partition coefficient (Wildman–Crippen LogP) is 3.76. The van der Waals surface area contributed by atoms with E-state index in [1.165, 1.54) is 11.8 Å². The van der Waals surface area contributed by atoms with Crippen molar-refractivity contribution in [3.8, 4) is 0 Å². The molecule has 0 aliphatic heterocycles. The number of rotatable bonds is 10. The number of hydrogen-bond acceptors (Lipinski definition) is 4. The maximum atomic E-state index is 12.8. The van der Waals surface area contributed by atoms with E-state index in [0.717, 1.165) is 16.9 Å². The predicted molar refractivity (Wildman–Crippen MR) is 125 cm³/mol. The molecule has 0 radical (unpaired) electrons. The van der Waals surface area contributed by atoms with Crippen molar-refractivity contribution in [3.63, 3.8) is 0 Å². The molecule has 0 spiro atoms. The van der Waals surface area contributed by atoms with Gasteiger partial charge < -0.3 is 16.0 Å². The molecule has 2 aromatic rings. The lowest BCUT2D eigenvalue weighted by molar-refractivity contribution is -0.119. The Balaban J connectivity index is 1.99. The van der Waals surface area contributed by atoms with Gasteiger partial charge in [-0.15, -0.1) is 11.8 Å². The molecular weight excluding hydrogens is 410 g/mol. The van der Waals surface area contributed by atoms with E-state index in [0.29, 0.717) is 17.7 Å². The summed E-state index contributed by atoms with van der Waals surface area (Å²) in [6.07, 6.45) is 0.859. The molecule has 2 aromatic carbocycles. The van der Waals surface area contributed by atoms with Crippen molar-refractivity contribution >= 4 is 29.5 Å². The largest absolute Gasteiger partial charge is 0.353 e. The fourth-order valence-electron chi connectivity index (χ4n) is 2.80. The van der Waals surface area contributed by atoms with Gasteiger partial charge in [-0.25, -0.2) is 0 Å². The molecule has 0 aromatic heterocycles. The van der Waals surface area contributed by atoms with E-state index in [9.17, 15) is 14.4 Å². The van der Waals surface area contributed by atoms with E-state index in [-0.39, 0.29) is 35.6 Å². The van der Waals surface area contributed by atoms with Crippen LogP contribution in [0.4, 0.5) is 0 Å². The first kappa shape index (κ1) is 24.5. The molecule has 3 amide bonds. The van der Waals surface area contributed by atoms with Crippen molar-refractivity contribution in [3.05, 3.63) is 65.2 Å². The topological polar surface area (TPSA) is 87.3 Å². The third-order valence-corrected chi connectivity index (χ3v) is 5.65. The zero-order chi connectivity index (χ0) is 22.8. The summed E-state index contributed by atoms with van der Waals surface area (Å²) < 4.78 is 0. The Hall–Kier alpha value is -2.80. The Bertz CT molecular complexity index is 914. The summed E-state index contributed by atoms with van der Waals surface area (Å²) in [5.41, 5.74) is 1.93. The Labute approximate surface area is 188 Å². The summed E-state index contributed by atoms with van der Waals surface area (Å²) in [6.45, 7) is 8.10. The molecule has 1 atom stereocenters. The Morgan fingerprint density at radius 3 is 2.39 bits per heavy atom. The fraction of sp³-hybridized carbons (Fsp3) is 0.375. The lowest BCUT2D eigenvalue weighted by Crippen LogP contribution is -2.32. The second kappa shape index (κ2) is 12.2. The number of hydrogen-bond donors (Lipinski definition) is 3. The molecule has 1 unspecified atom stereocenters. The second-order valence-corrected chi connectivity index (χ2v) is 8.69. The maximum Gasteiger partial charge on any atom is 0.252 e. The van der Waals surface area contributed by atoms with Crippen molar-refractivity contribution in [2.75, 3.05) is 5.75 Å². The van der Waals surface area contributed by atoms with Gasteiger partial charge in [0, 0.05) is 29.1 Å². The van der Waals surface area contributed by atoms with Gasteiger partial charge in [0.05, 0.1) is 11.3 Å². The second-order valence-electron chi connectivity index (χ2n) is 7.67. The van der Waals surface area contributed by atoms with Crippen molar-refractivity contribution in [2.24, 2.45) is 0 Å². The first-order chi connectivity index (χ1) is 14.8. The zero-order valence-corrected chi connectivity index (χ0v) is 19.3. The van der Waals surface area contributed by atoms with Crippen LogP contribution in [0, 0.1) is 0 Å². The molecular formula is C24H31N3O3S. The van der Waals surface area contributed by atoms with E-state index in [2.05, 4.69) is 16.0 Å². The molecule has 0 saturated carbocycles. The van der Waals surface area contributed by atoms with E-state index in [1.54, 1.807) is 24.3 Å². The summed E-state index contributed by atoms with van der Waals surface area (Å²) in [7, 11) is 0.